The smallest absolute Gasteiger partial charge is 0.327 e. The van der Waals surface area contributed by atoms with Crippen LogP contribution in [0.25, 0.3) is 0 Å². The predicted octanol–water partition coefficient (Wildman–Crippen LogP) is 2.91. The minimum absolute atomic E-state index is 0.108. The summed E-state index contributed by atoms with van der Waals surface area (Å²) in [5.41, 5.74) is 7.36. The number of rotatable bonds is 0. The van der Waals surface area contributed by atoms with E-state index in [0.717, 1.165) is 30.4 Å². The molecule has 0 radical (unpaired) electrons. The van der Waals surface area contributed by atoms with Gasteiger partial charge in [0.05, 0.1) is 5.56 Å². The summed E-state index contributed by atoms with van der Waals surface area (Å²) >= 11 is 0. The van der Waals surface area contributed by atoms with Gasteiger partial charge < -0.3 is 5.73 Å². The number of halogens is 3. The first kappa shape index (κ1) is 11.1. The van der Waals surface area contributed by atoms with Crippen LogP contribution < -0.4 is 5.73 Å². The lowest BCUT2D eigenvalue weighted by Crippen LogP contribution is -2.23. The Labute approximate surface area is 97.8 Å². The summed E-state index contributed by atoms with van der Waals surface area (Å²) in [5.74, 6) is 0. The molecule has 2 atom stereocenters. The van der Waals surface area contributed by atoms with Crippen LogP contribution in [0.4, 0.5) is 13.2 Å². The number of benzene rings is 1. The van der Waals surface area contributed by atoms with Gasteiger partial charge in [-0.15, -0.1) is 0 Å². The number of hydrogen-bond donors (Lipinski definition) is 1. The highest BCUT2D eigenvalue weighted by molar-refractivity contribution is 5.38. The summed E-state index contributed by atoms with van der Waals surface area (Å²) in [6.45, 7) is 0. The molecule has 4 heteroatoms. The zero-order valence-corrected chi connectivity index (χ0v) is 9.35. The number of alkyl halides is 3. The Balaban J connectivity index is 1.95. The van der Waals surface area contributed by atoms with E-state index in [1.807, 2.05) is 0 Å². The normalized spacial score (nSPS) is 31.4. The van der Waals surface area contributed by atoms with Crippen molar-refractivity contribution in [2.75, 3.05) is 0 Å². The summed E-state index contributed by atoms with van der Waals surface area (Å²) in [7, 11) is 0. The molecular formula is C13H14F3N. The van der Waals surface area contributed by atoms with Gasteiger partial charge in [-0.1, -0.05) is 6.07 Å². The second-order valence-corrected chi connectivity index (χ2v) is 5.33. The van der Waals surface area contributed by atoms with E-state index in [4.69, 9.17) is 5.73 Å². The lowest BCUT2D eigenvalue weighted by atomic mass is 9.80. The molecule has 1 nitrogen and oxygen atoms in total. The van der Waals surface area contributed by atoms with Gasteiger partial charge in [0.1, 0.15) is 0 Å². The molecule has 0 aliphatic heterocycles. The van der Waals surface area contributed by atoms with Crippen molar-refractivity contribution in [3.05, 3.63) is 34.9 Å². The third-order valence-corrected chi connectivity index (χ3v) is 4.22. The Morgan fingerprint density at radius 1 is 1.24 bits per heavy atom. The van der Waals surface area contributed by atoms with Gasteiger partial charge in [-0.25, -0.2) is 0 Å². The van der Waals surface area contributed by atoms with Crippen molar-refractivity contribution < 1.29 is 13.2 Å². The molecule has 0 bridgehead atoms. The van der Waals surface area contributed by atoms with E-state index in [9.17, 15) is 13.2 Å². The van der Waals surface area contributed by atoms with Crippen LogP contribution in [0.2, 0.25) is 0 Å². The van der Waals surface area contributed by atoms with Gasteiger partial charge >= 0.3 is 6.18 Å². The quantitative estimate of drug-likeness (QED) is 0.742. The van der Waals surface area contributed by atoms with Crippen LogP contribution in [0.15, 0.2) is 18.2 Å². The molecular weight excluding hydrogens is 227 g/mol. The molecule has 3 rings (SSSR count). The highest BCUT2D eigenvalue weighted by atomic mass is 19.4. The molecule has 1 saturated carbocycles. The van der Waals surface area contributed by atoms with Gasteiger partial charge in [-0.05, 0) is 54.4 Å². The molecule has 1 aromatic carbocycles. The van der Waals surface area contributed by atoms with Crippen LogP contribution >= 0.6 is 0 Å². The largest absolute Gasteiger partial charge is 0.416 e. The molecule has 0 saturated heterocycles. The van der Waals surface area contributed by atoms with Crippen LogP contribution in [-0.2, 0) is 19.0 Å². The molecule has 1 spiro atoms. The Morgan fingerprint density at radius 3 is 2.53 bits per heavy atom. The van der Waals surface area contributed by atoms with Gasteiger partial charge in [-0.3, -0.25) is 0 Å². The number of nitrogens with two attached hydrogens (primary N) is 1. The molecule has 0 heterocycles. The maximum Gasteiger partial charge on any atom is 0.416 e. The average Bonchev–Trinajstić information content (AvgIpc) is 2.86. The van der Waals surface area contributed by atoms with Crippen LogP contribution in [0.1, 0.15) is 29.5 Å². The first-order valence-electron chi connectivity index (χ1n) is 5.85. The zero-order chi connectivity index (χ0) is 12.3. The van der Waals surface area contributed by atoms with Crippen molar-refractivity contribution in [1.82, 2.24) is 0 Å². The second kappa shape index (κ2) is 3.25. The van der Waals surface area contributed by atoms with Gasteiger partial charge in [0.2, 0.25) is 0 Å². The third-order valence-electron chi connectivity index (χ3n) is 4.22. The van der Waals surface area contributed by atoms with Gasteiger partial charge in [0.25, 0.3) is 0 Å². The maximum absolute atomic E-state index is 12.6. The van der Waals surface area contributed by atoms with Gasteiger partial charge in [0.15, 0.2) is 0 Å². The first-order chi connectivity index (χ1) is 7.91. The Kier molecular flexibility index (Phi) is 2.12. The molecule has 1 fully saturated rings. The molecule has 92 valence electrons. The Hall–Kier alpha value is -1.03. The van der Waals surface area contributed by atoms with Gasteiger partial charge in [0, 0.05) is 6.04 Å². The first-order valence-corrected chi connectivity index (χ1v) is 5.85. The monoisotopic (exact) mass is 241 g/mol. The number of fused-ring (bicyclic) bond motifs is 1. The molecule has 17 heavy (non-hydrogen) atoms. The van der Waals surface area contributed by atoms with E-state index >= 15 is 0 Å². The van der Waals surface area contributed by atoms with E-state index in [-0.39, 0.29) is 11.5 Å². The van der Waals surface area contributed by atoms with Crippen molar-refractivity contribution >= 4 is 0 Å². The van der Waals surface area contributed by atoms with Gasteiger partial charge in [-0.2, -0.15) is 13.2 Å². The number of hydrogen-bond acceptors (Lipinski definition) is 1. The topological polar surface area (TPSA) is 26.0 Å². The van der Waals surface area contributed by atoms with E-state index in [1.54, 1.807) is 6.07 Å². The van der Waals surface area contributed by atoms with E-state index < -0.39 is 11.7 Å². The Morgan fingerprint density at radius 2 is 1.94 bits per heavy atom. The lowest BCUT2D eigenvalue weighted by Gasteiger charge is -2.25. The summed E-state index contributed by atoms with van der Waals surface area (Å²) in [6.07, 6.45) is -0.685. The second-order valence-electron chi connectivity index (χ2n) is 5.33. The van der Waals surface area contributed by atoms with Crippen LogP contribution in [0.5, 0.6) is 0 Å². The van der Waals surface area contributed by atoms with Crippen molar-refractivity contribution in [1.29, 1.82) is 0 Å². The van der Waals surface area contributed by atoms with Crippen molar-refractivity contribution in [2.24, 2.45) is 11.1 Å². The summed E-state index contributed by atoms with van der Waals surface area (Å²) in [6, 6.07) is 4.30. The standard InChI is InChI=1S/C13H14F3N/c14-13(15,16)10-2-1-8-3-4-12(7-11(12)17)6-9(8)5-10/h1-2,5,11H,3-4,6-7,17H2. The molecule has 2 aliphatic carbocycles. The van der Waals surface area contributed by atoms with E-state index in [2.05, 4.69) is 0 Å². The van der Waals surface area contributed by atoms with Crippen molar-refractivity contribution in [3.63, 3.8) is 0 Å². The van der Waals surface area contributed by atoms with E-state index in [1.165, 1.54) is 12.1 Å². The van der Waals surface area contributed by atoms with Crippen molar-refractivity contribution in [3.8, 4) is 0 Å². The predicted molar refractivity (Wildman–Crippen MR) is 58.5 cm³/mol. The maximum atomic E-state index is 12.6. The highest BCUT2D eigenvalue weighted by Gasteiger charge is 2.52. The highest BCUT2D eigenvalue weighted by Crippen LogP contribution is 2.53. The SMILES string of the molecule is NC1CC12CCc1ccc(C(F)(F)F)cc1C2. The third kappa shape index (κ3) is 1.75. The van der Waals surface area contributed by atoms with E-state index in [0.29, 0.717) is 6.42 Å². The fraction of sp³-hybridized carbons (Fsp3) is 0.538. The van der Waals surface area contributed by atoms with Crippen LogP contribution in [0, 0.1) is 5.41 Å². The molecule has 2 aliphatic rings. The van der Waals surface area contributed by atoms with Crippen molar-refractivity contribution in [2.45, 2.75) is 37.9 Å². The zero-order valence-electron chi connectivity index (χ0n) is 9.35. The van der Waals surface area contributed by atoms with Crippen LogP contribution in [0.3, 0.4) is 0 Å². The molecule has 0 amide bonds. The fourth-order valence-electron chi connectivity index (χ4n) is 2.93. The number of aryl methyl sites for hydroxylation is 1. The summed E-state index contributed by atoms with van der Waals surface area (Å²) in [5, 5.41) is 0. The molecule has 0 aromatic heterocycles. The molecule has 2 N–H and O–H groups in total. The fourth-order valence-corrected chi connectivity index (χ4v) is 2.93. The summed E-state index contributed by atoms with van der Waals surface area (Å²) in [4.78, 5) is 0. The Bertz CT molecular complexity index is 466. The average molecular weight is 241 g/mol. The minimum atomic E-state index is -4.24. The van der Waals surface area contributed by atoms with Crippen LogP contribution in [-0.4, -0.2) is 6.04 Å². The molecule has 1 aromatic rings. The summed E-state index contributed by atoms with van der Waals surface area (Å²) < 4.78 is 37.9. The minimum Gasteiger partial charge on any atom is -0.327 e. The lowest BCUT2D eigenvalue weighted by molar-refractivity contribution is -0.137. The molecule has 2 unspecified atom stereocenters.